The van der Waals surface area contributed by atoms with Crippen molar-refractivity contribution in [2.24, 2.45) is 5.73 Å². The van der Waals surface area contributed by atoms with E-state index in [1.807, 2.05) is 6.07 Å². The van der Waals surface area contributed by atoms with Gasteiger partial charge < -0.3 is 16.2 Å². The predicted molar refractivity (Wildman–Crippen MR) is 67.2 cm³/mol. The van der Waals surface area contributed by atoms with Crippen LogP contribution in [0.4, 0.5) is 5.69 Å². The number of aryl methyl sites for hydroxylation is 2. The Kier molecular flexibility index (Phi) is 3.64. The number of carbonyl (C=O) groups is 1. The van der Waals surface area contributed by atoms with Crippen molar-refractivity contribution >= 4 is 11.7 Å². The van der Waals surface area contributed by atoms with Crippen LogP contribution in [-0.4, -0.2) is 23.7 Å². The molecule has 0 saturated heterocycles. The van der Waals surface area contributed by atoms with Crippen LogP contribution in [0.25, 0.3) is 0 Å². The van der Waals surface area contributed by atoms with Crippen LogP contribution in [0.5, 0.6) is 0 Å². The number of benzene rings is 1. The molecule has 4 heteroatoms. The third-order valence-electron chi connectivity index (χ3n) is 3.10. The molecular weight excluding hydrogens is 216 g/mol. The van der Waals surface area contributed by atoms with Gasteiger partial charge in [-0.25, -0.2) is 0 Å². The van der Waals surface area contributed by atoms with Gasteiger partial charge in [0.25, 0.3) is 0 Å². The van der Waals surface area contributed by atoms with Crippen LogP contribution in [0.2, 0.25) is 0 Å². The Balaban J connectivity index is 1.89. The van der Waals surface area contributed by atoms with Crippen molar-refractivity contribution in [3.63, 3.8) is 0 Å². The number of fused-ring (bicyclic) bond motifs is 1. The third-order valence-corrected chi connectivity index (χ3v) is 3.10. The summed E-state index contributed by atoms with van der Waals surface area (Å²) in [7, 11) is 0. The van der Waals surface area contributed by atoms with E-state index in [4.69, 9.17) is 10.8 Å². The fraction of sp³-hybridized carbons (Fsp3) is 0.462. The van der Waals surface area contributed by atoms with E-state index >= 15 is 0 Å². The summed E-state index contributed by atoms with van der Waals surface area (Å²) in [5, 5.41) is 11.8. The summed E-state index contributed by atoms with van der Waals surface area (Å²) in [5.74, 6) is -0.853. The molecule has 1 aromatic rings. The van der Waals surface area contributed by atoms with Gasteiger partial charge in [0.1, 0.15) is 0 Å². The molecule has 0 amide bonds. The van der Waals surface area contributed by atoms with Gasteiger partial charge in [0, 0.05) is 18.3 Å². The number of anilines is 1. The summed E-state index contributed by atoms with van der Waals surface area (Å²) in [6.07, 6.45) is 3.55. The van der Waals surface area contributed by atoms with Crippen LogP contribution in [-0.2, 0) is 17.6 Å². The minimum absolute atomic E-state index is 0.00204. The largest absolute Gasteiger partial charge is 0.481 e. The minimum Gasteiger partial charge on any atom is -0.481 e. The lowest BCUT2D eigenvalue weighted by atomic mass is 10.1. The molecule has 0 radical (unpaired) electrons. The van der Waals surface area contributed by atoms with Gasteiger partial charge in [-0.15, -0.1) is 0 Å². The summed E-state index contributed by atoms with van der Waals surface area (Å²) < 4.78 is 0. The summed E-state index contributed by atoms with van der Waals surface area (Å²) in [6.45, 7) is 0.491. The first-order chi connectivity index (χ1) is 8.15. The highest BCUT2D eigenvalue weighted by Gasteiger charge is 2.11. The fourth-order valence-electron chi connectivity index (χ4n) is 2.23. The van der Waals surface area contributed by atoms with E-state index in [9.17, 15) is 4.79 Å². The maximum atomic E-state index is 10.5. The maximum Gasteiger partial charge on any atom is 0.304 e. The van der Waals surface area contributed by atoms with Gasteiger partial charge in [-0.05, 0) is 42.5 Å². The molecule has 92 valence electrons. The highest BCUT2D eigenvalue weighted by molar-refractivity contribution is 5.67. The first kappa shape index (κ1) is 11.9. The van der Waals surface area contributed by atoms with E-state index < -0.39 is 5.97 Å². The summed E-state index contributed by atoms with van der Waals surface area (Å²) in [5.41, 5.74) is 9.57. The highest BCUT2D eigenvalue weighted by Crippen LogP contribution is 2.24. The van der Waals surface area contributed by atoms with E-state index in [0.717, 1.165) is 12.1 Å². The van der Waals surface area contributed by atoms with Gasteiger partial charge in [0.05, 0.1) is 6.42 Å². The molecule has 1 aliphatic carbocycles. The molecular formula is C13H18N2O2. The van der Waals surface area contributed by atoms with Crippen LogP contribution in [0.15, 0.2) is 18.2 Å². The van der Waals surface area contributed by atoms with Gasteiger partial charge in [-0.3, -0.25) is 4.79 Å². The molecule has 0 aliphatic heterocycles. The molecule has 0 aromatic heterocycles. The molecule has 0 spiro atoms. The van der Waals surface area contributed by atoms with Crippen molar-refractivity contribution in [1.29, 1.82) is 0 Å². The SMILES string of the molecule is NC(CNc1ccc2c(c1)CCC2)CC(=O)O. The van der Waals surface area contributed by atoms with Crippen molar-refractivity contribution in [3.05, 3.63) is 29.3 Å². The fourth-order valence-corrected chi connectivity index (χ4v) is 2.23. The lowest BCUT2D eigenvalue weighted by molar-refractivity contribution is -0.137. The van der Waals surface area contributed by atoms with Crippen molar-refractivity contribution < 1.29 is 9.90 Å². The molecule has 1 aromatic carbocycles. The molecule has 2 rings (SSSR count). The molecule has 0 heterocycles. The average Bonchev–Trinajstić information content (AvgIpc) is 2.72. The number of rotatable bonds is 5. The van der Waals surface area contributed by atoms with Crippen LogP contribution < -0.4 is 11.1 Å². The zero-order valence-electron chi connectivity index (χ0n) is 9.78. The highest BCUT2D eigenvalue weighted by atomic mass is 16.4. The number of hydrogen-bond donors (Lipinski definition) is 3. The minimum atomic E-state index is -0.853. The molecule has 1 atom stereocenters. The lowest BCUT2D eigenvalue weighted by Gasteiger charge is -2.12. The molecule has 1 aliphatic rings. The lowest BCUT2D eigenvalue weighted by Crippen LogP contribution is -2.31. The number of carboxylic acid groups (broad SMARTS) is 1. The topological polar surface area (TPSA) is 75.3 Å². The number of carboxylic acids is 1. The third kappa shape index (κ3) is 3.20. The Morgan fingerprint density at radius 3 is 2.94 bits per heavy atom. The molecule has 4 nitrogen and oxygen atoms in total. The van der Waals surface area contributed by atoms with Crippen LogP contribution in [0.1, 0.15) is 24.0 Å². The summed E-state index contributed by atoms with van der Waals surface area (Å²) in [4.78, 5) is 10.5. The Bertz CT molecular complexity index is 418. The summed E-state index contributed by atoms with van der Waals surface area (Å²) >= 11 is 0. The Hall–Kier alpha value is -1.55. The Labute approximate surface area is 101 Å². The van der Waals surface area contributed by atoms with Crippen molar-refractivity contribution in [3.8, 4) is 0 Å². The van der Waals surface area contributed by atoms with Gasteiger partial charge >= 0.3 is 5.97 Å². The van der Waals surface area contributed by atoms with E-state index in [0.29, 0.717) is 6.54 Å². The molecule has 0 bridgehead atoms. The molecule has 0 fully saturated rings. The van der Waals surface area contributed by atoms with E-state index in [1.54, 1.807) is 0 Å². The zero-order chi connectivity index (χ0) is 12.3. The van der Waals surface area contributed by atoms with E-state index in [1.165, 1.54) is 24.0 Å². The first-order valence-corrected chi connectivity index (χ1v) is 5.98. The monoisotopic (exact) mass is 234 g/mol. The second-order valence-electron chi connectivity index (χ2n) is 4.58. The van der Waals surface area contributed by atoms with Crippen molar-refractivity contribution in [2.75, 3.05) is 11.9 Å². The van der Waals surface area contributed by atoms with Gasteiger partial charge in [0.15, 0.2) is 0 Å². The number of hydrogen-bond acceptors (Lipinski definition) is 3. The molecule has 1 unspecified atom stereocenters. The molecule has 4 N–H and O–H groups in total. The van der Waals surface area contributed by atoms with Gasteiger partial charge in [-0.1, -0.05) is 6.07 Å². The zero-order valence-corrected chi connectivity index (χ0v) is 9.78. The van der Waals surface area contributed by atoms with Crippen LogP contribution in [0.3, 0.4) is 0 Å². The normalized spacial score (nSPS) is 15.4. The smallest absolute Gasteiger partial charge is 0.304 e. The molecule has 17 heavy (non-hydrogen) atoms. The van der Waals surface area contributed by atoms with Gasteiger partial charge in [0.2, 0.25) is 0 Å². The van der Waals surface area contributed by atoms with Crippen LogP contribution >= 0.6 is 0 Å². The van der Waals surface area contributed by atoms with Gasteiger partial charge in [-0.2, -0.15) is 0 Å². The standard InChI is InChI=1S/C13H18N2O2/c14-11(7-13(16)17)8-15-12-5-4-9-2-1-3-10(9)6-12/h4-6,11,15H,1-3,7-8,14H2,(H,16,17). The van der Waals surface area contributed by atoms with Crippen molar-refractivity contribution in [1.82, 2.24) is 0 Å². The Morgan fingerprint density at radius 1 is 1.41 bits per heavy atom. The first-order valence-electron chi connectivity index (χ1n) is 5.98. The number of aliphatic carboxylic acids is 1. The van der Waals surface area contributed by atoms with E-state index in [2.05, 4.69) is 17.4 Å². The summed E-state index contributed by atoms with van der Waals surface area (Å²) in [6, 6.07) is 5.99. The second kappa shape index (κ2) is 5.19. The number of nitrogens with one attached hydrogen (secondary N) is 1. The quantitative estimate of drug-likeness (QED) is 0.719. The maximum absolute atomic E-state index is 10.5. The average molecular weight is 234 g/mol. The second-order valence-corrected chi connectivity index (χ2v) is 4.58. The van der Waals surface area contributed by atoms with E-state index in [-0.39, 0.29) is 12.5 Å². The van der Waals surface area contributed by atoms with Crippen molar-refractivity contribution in [2.45, 2.75) is 31.7 Å². The van der Waals surface area contributed by atoms with Crippen LogP contribution in [0, 0.1) is 0 Å². The predicted octanol–water partition coefficient (Wildman–Crippen LogP) is 1.39. The molecule has 0 saturated carbocycles. The Morgan fingerprint density at radius 2 is 2.18 bits per heavy atom. The number of nitrogens with two attached hydrogens (primary N) is 1.